The minimum Gasteiger partial charge on any atom is -0.256 e. The molecule has 0 spiro atoms. The zero-order valence-corrected chi connectivity index (χ0v) is 16.8. The zero-order chi connectivity index (χ0) is 18.9. The van der Waals surface area contributed by atoms with Gasteiger partial charge in [0.25, 0.3) is 10.2 Å². The molecule has 3 rings (SSSR count). The summed E-state index contributed by atoms with van der Waals surface area (Å²) in [5.74, 6) is 0. The van der Waals surface area contributed by atoms with E-state index in [9.17, 15) is 8.42 Å². The van der Waals surface area contributed by atoms with Crippen molar-refractivity contribution in [3.05, 3.63) is 64.5 Å². The van der Waals surface area contributed by atoms with Crippen LogP contribution in [0.25, 0.3) is 0 Å². The van der Waals surface area contributed by atoms with Crippen LogP contribution < -0.4 is 0 Å². The van der Waals surface area contributed by atoms with Crippen LogP contribution >= 0.6 is 0 Å². The molecule has 0 bridgehead atoms. The molecule has 2 aromatic rings. The first kappa shape index (κ1) is 19.0. The van der Waals surface area contributed by atoms with E-state index in [4.69, 9.17) is 0 Å². The molecule has 1 aliphatic rings. The van der Waals surface area contributed by atoms with Crippen molar-refractivity contribution in [2.75, 3.05) is 20.6 Å². The third kappa shape index (κ3) is 3.98. The molecule has 1 aliphatic heterocycles. The summed E-state index contributed by atoms with van der Waals surface area (Å²) in [6.07, 6.45) is 2.50. The molecule has 1 fully saturated rings. The molecule has 1 atom stereocenters. The fraction of sp³-hybridized carbons (Fsp3) is 0.450. The van der Waals surface area contributed by atoms with Crippen LogP contribution in [0.1, 0.15) is 47.0 Å². The summed E-state index contributed by atoms with van der Waals surface area (Å²) in [6.45, 7) is 4.62. The highest BCUT2D eigenvalue weighted by atomic mass is 32.2. The van der Waals surface area contributed by atoms with Crippen LogP contribution in [0.2, 0.25) is 0 Å². The van der Waals surface area contributed by atoms with Gasteiger partial charge < -0.3 is 0 Å². The van der Waals surface area contributed by atoms with Gasteiger partial charge in [-0.2, -0.15) is 17.0 Å². The number of hydrogen-bond acceptors (Lipinski definition) is 3. The molecule has 26 heavy (non-hydrogen) atoms. The summed E-state index contributed by atoms with van der Waals surface area (Å²) < 4.78 is 28.2. The number of nitrogens with zero attached hydrogens (tertiary/aromatic N) is 3. The standard InChI is InChI=1S/C20H27N3O2S/c1-15-7-5-8-17(11-15)13-18-12-16(2)21-19(14-18)20-9-6-10-23(20)26(24,25)22(3)4/h5,7-8,11-12,14,20H,6,9-10,13H2,1-4H3/t20-/m0/s1. The van der Waals surface area contributed by atoms with E-state index >= 15 is 0 Å². The van der Waals surface area contributed by atoms with E-state index in [0.29, 0.717) is 6.54 Å². The third-order valence-corrected chi connectivity index (χ3v) is 6.78. The maximum absolute atomic E-state index is 12.6. The molecule has 0 amide bonds. The fourth-order valence-corrected chi connectivity index (χ4v) is 4.93. The largest absolute Gasteiger partial charge is 0.282 e. The monoisotopic (exact) mass is 373 g/mol. The van der Waals surface area contributed by atoms with E-state index in [1.165, 1.54) is 21.0 Å². The molecule has 1 aromatic heterocycles. The summed E-state index contributed by atoms with van der Waals surface area (Å²) in [6, 6.07) is 12.5. The number of pyridine rings is 1. The summed E-state index contributed by atoms with van der Waals surface area (Å²) in [5, 5.41) is 0. The highest BCUT2D eigenvalue weighted by molar-refractivity contribution is 7.86. The van der Waals surface area contributed by atoms with Crippen LogP contribution in [0, 0.1) is 13.8 Å². The molecule has 2 heterocycles. The maximum Gasteiger partial charge on any atom is 0.282 e. The zero-order valence-electron chi connectivity index (χ0n) is 15.9. The number of rotatable bonds is 5. The Morgan fingerprint density at radius 3 is 2.62 bits per heavy atom. The molecule has 0 aliphatic carbocycles. The van der Waals surface area contributed by atoms with Crippen LogP contribution in [0.4, 0.5) is 0 Å². The SMILES string of the molecule is Cc1cccc(Cc2cc(C)nc([C@@H]3CCCN3S(=O)(=O)N(C)C)c2)c1. The highest BCUT2D eigenvalue weighted by Crippen LogP contribution is 2.34. The normalized spacial score (nSPS) is 18.6. The number of aromatic nitrogens is 1. The van der Waals surface area contributed by atoms with Gasteiger partial charge in [-0.25, -0.2) is 0 Å². The van der Waals surface area contributed by atoms with Gasteiger partial charge in [-0.3, -0.25) is 4.98 Å². The van der Waals surface area contributed by atoms with Crippen molar-refractivity contribution in [2.45, 2.75) is 39.2 Å². The van der Waals surface area contributed by atoms with Crippen LogP contribution in [0.3, 0.4) is 0 Å². The Morgan fingerprint density at radius 1 is 1.15 bits per heavy atom. The Kier molecular flexibility index (Phi) is 5.46. The third-order valence-electron chi connectivity index (χ3n) is 4.83. The van der Waals surface area contributed by atoms with Crippen LogP contribution in [-0.4, -0.2) is 42.7 Å². The minimum absolute atomic E-state index is 0.182. The van der Waals surface area contributed by atoms with Gasteiger partial charge in [0.2, 0.25) is 0 Å². The topological polar surface area (TPSA) is 53.5 Å². The smallest absolute Gasteiger partial charge is 0.256 e. The predicted molar refractivity (Wildman–Crippen MR) is 104 cm³/mol. The Morgan fingerprint density at radius 2 is 1.92 bits per heavy atom. The van der Waals surface area contributed by atoms with Crippen LogP contribution in [0.15, 0.2) is 36.4 Å². The molecule has 1 aromatic carbocycles. The fourth-order valence-electron chi connectivity index (χ4n) is 3.62. The van der Waals surface area contributed by atoms with Crippen molar-refractivity contribution in [1.29, 1.82) is 0 Å². The molecular formula is C20H27N3O2S. The second kappa shape index (κ2) is 7.47. The summed E-state index contributed by atoms with van der Waals surface area (Å²) >= 11 is 0. The molecule has 6 heteroatoms. The first-order chi connectivity index (χ1) is 12.3. The maximum atomic E-state index is 12.6. The number of hydrogen-bond donors (Lipinski definition) is 0. The lowest BCUT2D eigenvalue weighted by atomic mass is 10.0. The quantitative estimate of drug-likeness (QED) is 0.808. The lowest BCUT2D eigenvalue weighted by molar-refractivity contribution is 0.357. The minimum atomic E-state index is -3.44. The van der Waals surface area contributed by atoms with Gasteiger partial charge in [-0.15, -0.1) is 0 Å². The van der Waals surface area contributed by atoms with E-state index in [2.05, 4.69) is 48.3 Å². The van der Waals surface area contributed by atoms with Crippen molar-refractivity contribution in [2.24, 2.45) is 0 Å². The van der Waals surface area contributed by atoms with E-state index in [0.717, 1.165) is 30.7 Å². The lowest BCUT2D eigenvalue weighted by Crippen LogP contribution is -2.39. The average Bonchev–Trinajstić information content (AvgIpc) is 3.04. The second-order valence-electron chi connectivity index (χ2n) is 7.27. The Labute approximate surface area is 156 Å². The van der Waals surface area contributed by atoms with E-state index in [-0.39, 0.29) is 6.04 Å². The van der Waals surface area contributed by atoms with Gasteiger partial charge in [0.15, 0.2) is 0 Å². The first-order valence-corrected chi connectivity index (χ1v) is 10.4. The molecule has 1 saturated heterocycles. The first-order valence-electron chi connectivity index (χ1n) is 8.99. The Hall–Kier alpha value is -1.76. The van der Waals surface area contributed by atoms with Crippen molar-refractivity contribution in [3.8, 4) is 0 Å². The van der Waals surface area contributed by atoms with Crippen molar-refractivity contribution >= 4 is 10.2 Å². The Balaban J connectivity index is 1.92. The van der Waals surface area contributed by atoms with Crippen molar-refractivity contribution in [1.82, 2.24) is 13.6 Å². The molecule has 140 valence electrons. The van der Waals surface area contributed by atoms with Crippen LogP contribution in [-0.2, 0) is 16.6 Å². The van der Waals surface area contributed by atoms with Gasteiger partial charge in [0, 0.05) is 26.3 Å². The van der Waals surface area contributed by atoms with Crippen molar-refractivity contribution in [3.63, 3.8) is 0 Å². The molecule has 5 nitrogen and oxygen atoms in total. The Bertz CT molecular complexity index is 894. The average molecular weight is 374 g/mol. The summed E-state index contributed by atoms with van der Waals surface area (Å²) in [7, 11) is -0.276. The molecule has 0 saturated carbocycles. The molecular weight excluding hydrogens is 346 g/mol. The summed E-state index contributed by atoms with van der Waals surface area (Å²) in [4.78, 5) is 4.67. The summed E-state index contributed by atoms with van der Waals surface area (Å²) in [5.41, 5.74) is 5.46. The lowest BCUT2D eigenvalue weighted by Gasteiger charge is -2.27. The van der Waals surface area contributed by atoms with E-state index < -0.39 is 10.2 Å². The molecule has 0 N–H and O–H groups in total. The van der Waals surface area contributed by atoms with E-state index in [1.807, 2.05) is 6.92 Å². The molecule has 0 radical (unpaired) electrons. The number of benzene rings is 1. The van der Waals surface area contributed by atoms with Crippen molar-refractivity contribution < 1.29 is 8.42 Å². The number of aryl methyl sites for hydroxylation is 2. The van der Waals surface area contributed by atoms with Gasteiger partial charge in [-0.1, -0.05) is 29.8 Å². The highest BCUT2D eigenvalue weighted by Gasteiger charge is 2.37. The molecule has 0 unspecified atom stereocenters. The van der Waals surface area contributed by atoms with Gasteiger partial charge >= 0.3 is 0 Å². The predicted octanol–water partition coefficient (Wildman–Crippen LogP) is 3.23. The van der Waals surface area contributed by atoms with Gasteiger partial charge in [0.1, 0.15) is 0 Å². The second-order valence-corrected chi connectivity index (χ2v) is 9.36. The van der Waals surface area contributed by atoms with Gasteiger partial charge in [0.05, 0.1) is 11.7 Å². The van der Waals surface area contributed by atoms with Gasteiger partial charge in [-0.05, 0) is 56.4 Å². The van der Waals surface area contributed by atoms with E-state index in [1.54, 1.807) is 18.4 Å². The van der Waals surface area contributed by atoms with Crippen LogP contribution in [0.5, 0.6) is 0 Å².